The summed E-state index contributed by atoms with van der Waals surface area (Å²) in [4.78, 5) is 1.80. The summed E-state index contributed by atoms with van der Waals surface area (Å²) in [5.41, 5.74) is 0. The van der Waals surface area contributed by atoms with Crippen LogP contribution in [0.4, 0.5) is 0 Å². The lowest BCUT2D eigenvalue weighted by molar-refractivity contribution is 0.164. The van der Waals surface area contributed by atoms with E-state index in [0.29, 0.717) is 11.2 Å². The molecule has 0 aromatic heterocycles. The number of nitrogens with one attached hydrogen (secondary N) is 1. The van der Waals surface area contributed by atoms with Crippen molar-refractivity contribution in [2.24, 2.45) is 0 Å². The standard InChI is InChI=1S/C6H12N2OS/c1-7-6(10)8(4-9)5-2-3-5/h5,9H,2-4H2,1H3,(H,7,10). The van der Waals surface area contributed by atoms with E-state index in [0.717, 1.165) is 12.8 Å². The fourth-order valence-electron chi connectivity index (χ4n) is 0.875. The van der Waals surface area contributed by atoms with E-state index in [1.807, 2.05) is 0 Å². The molecular weight excluding hydrogens is 148 g/mol. The molecule has 1 saturated carbocycles. The van der Waals surface area contributed by atoms with Gasteiger partial charge in [0.15, 0.2) is 5.11 Å². The van der Waals surface area contributed by atoms with Gasteiger partial charge in [0, 0.05) is 13.1 Å². The third kappa shape index (κ3) is 1.58. The highest BCUT2D eigenvalue weighted by Gasteiger charge is 2.29. The summed E-state index contributed by atoms with van der Waals surface area (Å²) in [6.07, 6.45) is 2.31. The van der Waals surface area contributed by atoms with Crippen LogP contribution in [0.2, 0.25) is 0 Å². The van der Waals surface area contributed by atoms with Gasteiger partial charge in [-0.1, -0.05) is 0 Å². The first-order valence-electron chi connectivity index (χ1n) is 3.38. The van der Waals surface area contributed by atoms with E-state index >= 15 is 0 Å². The fourth-order valence-corrected chi connectivity index (χ4v) is 1.08. The highest BCUT2D eigenvalue weighted by Crippen LogP contribution is 2.25. The van der Waals surface area contributed by atoms with Crippen molar-refractivity contribution in [2.75, 3.05) is 13.8 Å². The van der Waals surface area contributed by atoms with E-state index in [-0.39, 0.29) is 6.73 Å². The summed E-state index contributed by atoms with van der Waals surface area (Å²) in [5.74, 6) is 0. The van der Waals surface area contributed by atoms with Gasteiger partial charge in [0.05, 0.1) is 0 Å². The van der Waals surface area contributed by atoms with Crippen LogP contribution < -0.4 is 5.32 Å². The maximum Gasteiger partial charge on any atom is 0.170 e. The fraction of sp³-hybridized carbons (Fsp3) is 0.833. The van der Waals surface area contributed by atoms with Crippen molar-refractivity contribution in [1.29, 1.82) is 0 Å². The maximum absolute atomic E-state index is 8.84. The van der Waals surface area contributed by atoms with Crippen molar-refractivity contribution in [3.63, 3.8) is 0 Å². The Hall–Kier alpha value is -0.350. The van der Waals surface area contributed by atoms with Crippen molar-refractivity contribution in [3.8, 4) is 0 Å². The van der Waals surface area contributed by atoms with Gasteiger partial charge in [0.2, 0.25) is 0 Å². The van der Waals surface area contributed by atoms with Crippen LogP contribution in [0.1, 0.15) is 12.8 Å². The van der Waals surface area contributed by atoms with Crippen molar-refractivity contribution < 1.29 is 5.11 Å². The quantitative estimate of drug-likeness (QED) is 0.437. The first-order chi connectivity index (χ1) is 4.79. The lowest BCUT2D eigenvalue weighted by Crippen LogP contribution is -2.39. The van der Waals surface area contributed by atoms with Gasteiger partial charge in [-0.2, -0.15) is 0 Å². The van der Waals surface area contributed by atoms with Crippen molar-refractivity contribution in [2.45, 2.75) is 18.9 Å². The minimum atomic E-state index is 0.0321. The van der Waals surface area contributed by atoms with Gasteiger partial charge in [-0.15, -0.1) is 0 Å². The molecule has 0 spiro atoms. The van der Waals surface area contributed by atoms with E-state index in [1.165, 1.54) is 0 Å². The van der Waals surface area contributed by atoms with E-state index in [1.54, 1.807) is 11.9 Å². The molecule has 58 valence electrons. The molecule has 0 saturated heterocycles. The van der Waals surface area contributed by atoms with Gasteiger partial charge >= 0.3 is 0 Å². The number of aliphatic hydroxyl groups is 1. The SMILES string of the molecule is CNC(=S)N(CO)C1CC1. The summed E-state index contributed by atoms with van der Waals surface area (Å²) in [5, 5.41) is 12.3. The smallest absolute Gasteiger partial charge is 0.170 e. The van der Waals surface area contributed by atoms with E-state index in [9.17, 15) is 0 Å². The van der Waals surface area contributed by atoms with E-state index < -0.39 is 0 Å². The average molecular weight is 160 g/mol. The number of rotatable bonds is 2. The minimum Gasteiger partial charge on any atom is -0.376 e. The Morgan fingerprint density at radius 3 is 2.70 bits per heavy atom. The number of hydrogen-bond donors (Lipinski definition) is 2. The summed E-state index contributed by atoms with van der Waals surface area (Å²) in [6.45, 7) is 0.0321. The third-order valence-corrected chi connectivity index (χ3v) is 2.05. The molecule has 0 aromatic carbocycles. The summed E-state index contributed by atoms with van der Waals surface area (Å²) in [7, 11) is 1.77. The average Bonchev–Trinajstić information content (AvgIpc) is 2.73. The van der Waals surface area contributed by atoms with Gasteiger partial charge in [-0.3, -0.25) is 0 Å². The third-order valence-electron chi connectivity index (χ3n) is 1.61. The first-order valence-corrected chi connectivity index (χ1v) is 3.79. The molecule has 0 unspecified atom stereocenters. The van der Waals surface area contributed by atoms with Gasteiger partial charge in [0.25, 0.3) is 0 Å². The molecule has 0 bridgehead atoms. The topological polar surface area (TPSA) is 35.5 Å². The van der Waals surface area contributed by atoms with Crippen LogP contribution in [0.15, 0.2) is 0 Å². The predicted octanol–water partition coefficient (Wildman–Crippen LogP) is -0.0951. The Balaban J connectivity index is 2.38. The molecule has 3 nitrogen and oxygen atoms in total. The summed E-state index contributed by atoms with van der Waals surface area (Å²) >= 11 is 4.95. The number of aliphatic hydroxyl groups excluding tert-OH is 1. The monoisotopic (exact) mass is 160 g/mol. The Morgan fingerprint density at radius 1 is 1.80 bits per heavy atom. The second-order valence-corrected chi connectivity index (χ2v) is 2.78. The number of thiocarbonyl (C=S) groups is 1. The molecule has 0 aliphatic heterocycles. The van der Waals surface area contributed by atoms with Crippen LogP contribution in [0.5, 0.6) is 0 Å². The lowest BCUT2D eigenvalue weighted by Gasteiger charge is -2.21. The van der Waals surface area contributed by atoms with Gasteiger partial charge in [-0.25, -0.2) is 0 Å². The number of hydrogen-bond acceptors (Lipinski definition) is 2. The maximum atomic E-state index is 8.84. The van der Waals surface area contributed by atoms with Gasteiger partial charge < -0.3 is 15.3 Å². The Morgan fingerprint density at radius 2 is 2.40 bits per heavy atom. The second kappa shape index (κ2) is 3.16. The van der Waals surface area contributed by atoms with Crippen LogP contribution in [0, 0.1) is 0 Å². The molecule has 1 aliphatic carbocycles. The normalized spacial score (nSPS) is 16.6. The summed E-state index contributed by atoms with van der Waals surface area (Å²) < 4.78 is 0. The van der Waals surface area contributed by atoms with Crippen LogP contribution in [0.3, 0.4) is 0 Å². The van der Waals surface area contributed by atoms with Crippen molar-refractivity contribution >= 4 is 17.3 Å². The van der Waals surface area contributed by atoms with Crippen LogP contribution >= 0.6 is 12.2 Å². The zero-order valence-electron chi connectivity index (χ0n) is 6.00. The molecule has 0 aromatic rings. The van der Waals surface area contributed by atoms with Gasteiger partial charge in [0.1, 0.15) is 6.73 Å². The molecule has 1 aliphatic rings. The molecule has 2 N–H and O–H groups in total. The Kier molecular flexibility index (Phi) is 2.45. The molecule has 0 heterocycles. The zero-order chi connectivity index (χ0) is 7.56. The number of nitrogens with zero attached hydrogens (tertiary/aromatic N) is 1. The summed E-state index contributed by atoms with van der Waals surface area (Å²) in [6, 6.07) is 0.491. The molecule has 4 heteroatoms. The predicted molar refractivity (Wildman–Crippen MR) is 43.6 cm³/mol. The highest BCUT2D eigenvalue weighted by molar-refractivity contribution is 7.80. The van der Waals surface area contributed by atoms with E-state index in [4.69, 9.17) is 17.3 Å². The van der Waals surface area contributed by atoms with Crippen LogP contribution in [-0.2, 0) is 0 Å². The molecule has 0 atom stereocenters. The lowest BCUT2D eigenvalue weighted by atomic mass is 10.6. The van der Waals surface area contributed by atoms with Crippen molar-refractivity contribution in [3.05, 3.63) is 0 Å². The van der Waals surface area contributed by atoms with Crippen molar-refractivity contribution in [1.82, 2.24) is 10.2 Å². The molecule has 1 fully saturated rings. The molecule has 0 amide bonds. The molecule has 10 heavy (non-hydrogen) atoms. The molecule has 0 radical (unpaired) electrons. The second-order valence-electron chi connectivity index (χ2n) is 2.40. The van der Waals surface area contributed by atoms with Crippen LogP contribution in [-0.4, -0.2) is 34.9 Å². The molecular formula is C6H12N2OS. The molecule has 1 rings (SSSR count). The minimum absolute atomic E-state index is 0.0321. The first kappa shape index (κ1) is 7.75. The van der Waals surface area contributed by atoms with E-state index in [2.05, 4.69) is 5.32 Å². The Bertz CT molecular complexity index is 136. The zero-order valence-corrected chi connectivity index (χ0v) is 6.82. The highest BCUT2D eigenvalue weighted by atomic mass is 32.1. The Labute approximate surface area is 66.0 Å². The van der Waals surface area contributed by atoms with Gasteiger partial charge in [-0.05, 0) is 25.1 Å². The van der Waals surface area contributed by atoms with Crippen LogP contribution in [0.25, 0.3) is 0 Å². The largest absolute Gasteiger partial charge is 0.376 e.